The lowest BCUT2D eigenvalue weighted by molar-refractivity contribution is -0.118. The second kappa shape index (κ2) is 6.81. The molecule has 0 amide bonds. The SMILES string of the molecule is NC(CCC(=O)Cc1ccccn1)c1ccccc1. The van der Waals surface area contributed by atoms with Gasteiger partial charge in [0.1, 0.15) is 5.78 Å². The number of nitrogens with zero attached hydrogens (tertiary/aromatic N) is 1. The van der Waals surface area contributed by atoms with E-state index >= 15 is 0 Å². The minimum absolute atomic E-state index is 0.0751. The van der Waals surface area contributed by atoms with Crippen LogP contribution in [0.1, 0.15) is 30.1 Å². The fourth-order valence-corrected chi connectivity index (χ4v) is 1.98. The summed E-state index contributed by atoms with van der Waals surface area (Å²) < 4.78 is 0. The molecule has 1 unspecified atom stereocenters. The molecule has 19 heavy (non-hydrogen) atoms. The number of carbonyl (C=O) groups excluding carboxylic acids is 1. The van der Waals surface area contributed by atoms with Crippen LogP contribution in [0.4, 0.5) is 0 Å². The average Bonchev–Trinajstić information content (AvgIpc) is 2.47. The van der Waals surface area contributed by atoms with Gasteiger partial charge in [-0.3, -0.25) is 9.78 Å². The van der Waals surface area contributed by atoms with Crippen molar-refractivity contribution in [3.8, 4) is 0 Å². The molecular formula is C16H18N2O. The van der Waals surface area contributed by atoms with Crippen LogP contribution in [0.15, 0.2) is 54.7 Å². The lowest BCUT2D eigenvalue weighted by Gasteiger charge is -2.11. The van der Waals surface area contributed by atoms with Gasteiger partial charge in [-0.05, 0) is 24.1 Å². The van der Waals surface area contributed by atoms with Crippen LogP contribution in [-0.2, 0) is 11.2 Å². The Morgan fingerprint density at radius 3 is 2.53 bits per heavy atom. The van der Waals surface area contributed by atoms with Crippen molar-refractivity contribution >= 4 is 5.78 Å². The smallest absolute Gasteiger partial charge is 0.138 e. The van der Waals surface area contributed by atoms with E-state index in [1.54, 1.807) is 6.20 Å². The van der Waals surface area contributed by atoms with Crippen LogP contribution < -0.4 is 5.73 Å². The number of hydrogen-bond acceptors (Lipinski definition) is 3. The fraction of sp³-hybridized carbons (Fsp3) is 0.250. The molecule has 0 aliphatic heterocycles. The molecule has 2 N–H and O–H groups in total. The van der Waals surface area contributed by atoms with E-state index in [4.69, 9.17) is 5.73 Å². The summed E-state index contributed by atoms with van der Waals surface area (Å²) in [5, 5.41) is 0. The molecule has 98 valence electrons. The second-order valence-electron chi connectivity index (χ2n) is 4.59. The van der Waals surface area contributed by atoms with Crippen LogP contribution >= 0.6 is 0 Å². The van der Waals surface area contributed by atoms with E-state index in [1.165, 1.54) is 0 Å². The predicted molar refractivity (Wildman–Crippen MR) is 75.6 cm³/mol. The highest BCUT2D eigenvalue weighted by Gasteiger charge is 2.09. The van der Waals surface area contributed by atoms with Crippen LogP contribution in [0.2, 0.25) is 0 Å². The molecule has 0 saturated heterocycles. The molecule has 0 fully saturated rings. The first-order chi connectivity index (χ1) is 9.25. The standard InChI is InChI=1S/C16H18N2O/c17-16(13-6-2-1-3-7-13)10-9-15(19)12-14-8-4-5-11-18-14/h1-8,11,16H,9-10,12,17H2. The molecule has 2 rings (SSSR count). The van der Waals surface area contributed by atoms with Crippen molar-refractivity contribution < 1.29 is 4.79 Å². The number of benzene rings is 1. The Labute approximate surface area is 113 Å². The summed E-state index contributed by atoms with van der Waals surface area (Å²) in [6.45, 7) is 0. The normalized spacial score (nSPS) is 12.1. The van der Waals surface area contributed by atoms with E-state index in [1.807, 2.05) is 48.5 Å². The van der Waals surface area contributed by atoms with Crippen LogP contribution in [0.3, 0.4) is 0 Å². The molecule has 0 spiro atoms. The van der Waals surface area contributed by atoms with Gasteiger partial charge in [-0.15, -0.1) is 0 Å². The zero-order valence-electron chi connectivity index (χ0n) is 10.8. The lowest BCUT2D eigenvalue weighted by atomic mass is 10.0. The fourth-order valence-electron chi connectivity index (χ4n) is 1.98. The molecular weight excluding hydrogens is 236 g/mol. The molecule has 0 aliphatic carbocycles. The number of aromatic nitrogens is 1. The van der Waals surface area contributed by atoms with E-state index in [9.17, 15) is 4.79 Å². The summed E-state index contributed by atoms with van der Waals surface area (Å²) in [5.41, 5.74) is 7.97. The van der Waals surface area contributed by atoms with Crippen LogP contribution in [0.5, 0.6) is 0 Å². The molecule has 1 aromatic carbocycles. The molecule has 1 heterocycles. The third-order valence-electron chi connectivity index (χ3n) is 3.07. The summed E-state index contributed by atoms with van der Waals surface area (Å²) in [6.07, 6.45) is 3.27. The van der Waals surface area contributed by atoms with Crippen molar-refractivity contribution in [2.24, 2.45) is 5.73 Å². The minimum atomic E-state index is -0.0751. The van der Waals surface area contributed by atoms with Gasteiger partial charge in [0, 0.05) is 30.8 Å². The largest absolute Gasteiger partial charge is 0.324 e. The Morgan fingerprint density at radius 2 is 1.84 bits per heavy atom. The molecule has 0 aliphatic rings. The van der Waals surface area contributed by atoms with E-state index < -0.39 is 0 Å². The molecule has 3 nitrogen and oxygen atoms in total. The summed E-state index contributed by atoms with van der Waals surface area (Å²) in [6, 6.07) is 15.4. The van der Waals surface area contributed by atoms with Crippen molar-refractivity contribution in [2.75, 3.05) is 0 Å². The van der Waals surface area contributed by atoms with Gasteiger partial charge in [-0.25, -0.2) is 0 Å². The van der Waals surface area contributed by atoms with Gasteiger partial charge < -0.3 is 5.73 Å². The number of hydrogen-bond donors (Lipinski definition) is 1. The van der Waals surface area contributed by atoms with Gasteiger partial charge in [0.25, 0.3) is 0 Å². The van der Waals surface area contributed by atoms with Crippen LogP contribution in [0, 0.1) is 0 Å². The summed E-state index contributed by atoms with van der Waals surface area (Å²) in [4.78, 5) is 16.0. The third-order valence-corrected chi connectivity index (χ3v) is 3.07. The Balaban J connectivity index is 1.81. The van der Waals surface area contributed by atoms with Gasteiger partial charge in [-0.2, -0.15) is 0 Å². The van der Waals surface area contributed by atoms with Crippen molar-refractivity contribution in [3.05, 3.63) is 66.0 Å². The number of carbonyl (C=O) groups is 1. The molecule has 2 aromatic rings. The van der Waals surface area contributed by atoms with Crippen molar-refractivity contribution in [1.82, 2.24) is 4.98 Å². The molecule has 1 atom stereocenters. The molecule has 3 heteroatoms. The zero-order valence-corrected chi connectivity index (χ0v) is 10.8. The van der Waals surface area contributed by atoms with E-state index in [2.05, 4.69) is 4.98 Å². The highest BCUT2D eigenvalue weighted by molar-refractivity contribution is 5.80. The summed E-state index contributed by atoms with van der Waals surface area (Å²) in [5.74, 6) is 0.185. The zero-order chi connectivity index (χ0) is 13.5. The van der Waals surface area contributed by atoms with Gasteiger partial charge in [0.15, 0.2) is 0 Å². The third kappa shape index (κ3) is 4.30. The lowest BCUT2D eigenvalue weighted by Crippen LogP contribution is -2.13. The quantitative estimate of drug-likeness (QED) is 0.862. The van der Waals surface area contributed by atoms with E-state index in [0.717, 1.165) is 11.3 Å². The monoisotopic (exact) mass is 254 g/mol. The van der Waals surface area contributed by atoms with E-state index in [-0.39, 0.29) is 11.8 Å². The maximum atomic E-state index is 11.9. The maximum Gasteiger partial charge on any atom is 0.138 e. The summed E-state index contributed by atoms with van der Waals surface area (Å²) >= 11 is 0. The highest BCUT2D eigenvalue weighted by atomic mass is 16.1. The van der Waals surface area contributed by atoms with Crippen molar-refractivity contribution in [2.45, 2.75) is 25.3 Å². The number of pyridine rings is 1. The Hall–Kier alpha value is -2.00. The maximum absolute atomic E-state index is 11.9. The first-order valence-corrected chi connectivity index (χ1v) is 6.48. The molecule has 0 bridgehead atoms. The molecule has 0 saturated carbocycles. The topological polar surface area (TPSA) is 56.0 Å². The first-order valence-electron chi connectivity index (χ1n) is 6.48. The molecule has 1 aromatic heterocycles. The van der Waals surface area contributed by atoms with Gasteiger partial charge in [-0.1, -0.05) is 36.4 Å². The molecule has 0 radical (unpaired) electrons. The van der Waals surface area contributed by atoms with Gasteiger partial charge >= 0.3 is 0 Å². The number of ketones is 1. The van der Waals surface area contributed by atoms with Gasteiger partial charge in [0.2, 0.25) is 0 Å². The van der Waals surface area contributed by atoms with Crippen LogP contribution in [-0.4, -0.2) is 10.8 Å². The number of rotatable bonds is 6. The van der Waals surface area contributed by atoms with Crippen molar-refractivity contribution in [1.29, 1.82) is 0 Å². The summed E-state index contributed by atoms with van der Waals surface area (Å²) in [7, 11) is 0. The first kappa shape index (κ1) is 13.4. The Kier molecular flexibility index (Phi) is 4.81. The minimum Gasteiger partial charge on any atom is -0.324 e. The Morgan fingerprint density at radius 1 is 1.11 bits per heavy atom. The average molecular weight is 254 g/mol. The number of nitrogens with two attached hydrogens (primary N) is 1. The van der Waals surface area contributed by atoms with Crippen LogP contribution in [0.25, 0.3) is 0 Å². The number of Topliss-reactive ketones (excluding diaryl/α,β-unsaturated/α-hetero) is 1. The van der Waals surface area contributed by atoms with Gasteiger partial charge in [0.05, 0.1) is 0 Å². The Bertz CT molecular complexity index is 511. The second-order valence-corrected chi connectivity index (χ2v) is 4.59. The highest BCUT2D eigenvalue weighted by Crippen LogP contribution is 2.15. The van der Waals surface area contributed by atoms with Crippen molar-refractivity contribution in [3.63, 3.8) is 0 Å². The predicted octanol–water partition coefficient (Wildman–Crippen LogP) is 2.67. The van der Waals surface area contributed by atoms with E-state index in [0.29, 0.717) is 19.3 Å².